The molecule has 0 fully saturated rings. The highest BCUT2D eigenvalue weighted by molar-refractivity contribution is 5.70. The average molecular weight is 287 g/mol. The number of amides is 1. The molecule has 0 aromatic rings. The van der Waals surface area contributed by atoms with Crippen LogP contribution in [0.3, 0.4) is 0 Å². The van der Waals surface area contributed by atoms with Gasteiger partial charge in [-0.15, -0.1) is 0 Å². The second-order valence-corrected chi connectivity index (χ2v) is 7.19. The molecule has 0 aromatic carbocycles. The minimum absolute atomic E-state index is 0.0321. The molecular weight excluding hydrogens is 258 g/mol. The molecule has 0 aromatic heterocycles. The van der Waals surface area contributed by atoms with Crippen LogP contribution in [0.4, 0.5) is 4.79 Å². The van der Waals surface area contributed by atoms with E-state index in [1.165, 1.54) is 0 Å². The predicted molar refractivity (Wildman–Crippen MR) is 78.7 cm³/mol. The van der Waals surface area contributed by atoms with E-state index in [1.807, 2.05) is 48.5 Å². The molecule has 5 nitrogen and oxygen atoms in total. The Morgan fingerprint density at radius 2 is 1.65 bits per heavy atom. The highest BCUT2D eigenvalue weighted by Crippen LogP contribution is 2.24. The van der Waals surface area contributed by atoms with Crippen molar-refractivity contribution >= 4 is 12.1 Å². The molecular formula is C15H29NO4. The molecule has 0 aliphatic rings. The van der Waals surface area contributed by atoms with Crippen LogP contribution in [0.15, 0.2) is 0 Å². The van der Waals surface area contributed by atoms with Crippen molar-refractivity contribution in [1.82, 2.24) is 4.90 Å². The normalized spacial score (nSPS) is 12.4. The fourth-order valence-corrected chi connectivity index (χ4v) is 1.80. The minimum atomic E-state index is -0.855. The van der Waals surface area contributed by atoms with Gasteiger partial charge in [0.15, 0.2) is 0 Å². The van der Waals surface area contributed by atoms with Gasteiger partial charge in [0.05, 0.1) is 0 Å². The van der Waals surface area contributed by atoms with Crippen LogP contribution in [0.5, 0.6) is 0 Å². The summed E-state index contributed by atoms with van der Waals surface area (Å²) in [5.41, 5.74) is -1.11. The Balaban J connectivity index is 5.02. The molecule has 20 heavy (non-hydrogen) atoms. The Kier molecular flexibility index (Phi) is 6.51. The van der Waals surface area contributed by atoms with Gasteiger partial charge in [-0.05, 0) is 47.0 Å². The Hall–Kier alpha value is -1.26. The molecule has 0 heterocycles. The van der Waals surface area contributed by atoms with Crippen LogP contribution >= 0.6 is 0 Å². The molecule has 0 saturated carbocycles. The fourth-order valence-electron chi connectivity index (χ4n) is 1.80. The van der Waals surface area contributed by atoms with E-state index in [2.05, 4.69) is 0 Å². The molecule has 0 radical (unpaired) electrons. The molecule has 0 aliphatic heterocycles. The molecule has 1 amide bonds. The Labute approximate surface area is 122 Å². The second kappa shape index (κ2) is 6.95. The van der Waals surface area contributed by atoms with E-state index in [-0.39, 0.29) is 18.4 Å². The summed E-state index contributed by atoms with van der Waals surface area (Å²) in [6, 6.07) is 0. The lowest BCUT2D eigenvalue weighted by Gasteiger charge is -2.40. The first-order chi connectivity index (χ1) is 8.85. The SMILES string of the molecule is CC(C)CN(C(=O)OC(C)(C)C)C(C)(C)CCC(=O)O. The van der Waals surface area contributed by atoms with Crippen molar-refractivity contribution in [3.8, 4) is 0 Å². The van der Waals surface area contributed by atoms with Crippen molar-refractivity contribution < 1.29 is 19.4 Å². The van der Waals surface area contributed by atoms with E-state index < -0.39 is 17.1 Å². The lowest BCUT2D eigenvalue weighted by molar-refractivity contribution is -0.137. The van der Waals surface area contributed by atoms with E-state index >= 15 is 0 Å². The Bertz CT molecular complexity index is 342. The number of ether oxygens (including phenoxy) is 1. The number of carbonyl (C=O) groups is 2. The summed E-state index contributed by atoms with van der Waals surface area (Å²) in [5.74, 6) is -0.571. The van der Waals surface area contributed by atoms with Crippen molar-refractivity contribution in [1.29, 1.82) is 0 Å². The second-order valence-electron chi connectivity index (χ2n) is 7.19. The van der Waals surface area contributed by atoms with Crippen LogP contribution < -0.4 is 0 Å². The summed E-state index contributed by atoms with van der Waals surface area (Å²) < 4.78 is 5.43. The maximum absolute atomic E-state index is 12.3. The van der Waals surface area contributed by atoms with E-state index in [4.69, 9.17) is 9.84 Å². The van der Waals surface area contributed by atoms with Crippen molar-refractivity contribution in [2.75, 3.05) is 6.54 Å². The number of nitrogens with zero attached hydrogens (tertiary/aromatic N) is 1. The number of hydrogen-bond donors (Lipinski definition) is 1. The van der Waals surface area contributed by atoms with Gasteiger partial charge in [-0.25, -0.2) is 4.79 Å². The molecule has 5 heteroatoms. The molecule has 0 atom stereocenters. The Morgan fingerprint density at radius 1 is 1.15 bits per heavy atom. The van der Waals surface area contributed by atoms with Crippen molar-refractivity contribution in [3.63, 3.8) is 0 Å². The van der Waals surface area contributed by atoms with Crippen LogP contribution in [-0.2, 0) is 9.53 Å². The first kappa shape index (κ1) is 18.7. The third kappa shape index (κ3) is 7.36. The molecule has 0 unspecified atom stereocenters. The highest BCUT2D eigenvalue weighted by atomic mass is 16.6. The van der Waals surface area contributed by atoms with Crippen LogP contribution in [0.25, 0.3) is 0 Å². The molecule has 0 aliphatic carbocycles. The van der Waals surface area contributed by atoms with E-state index in [0.717, 1.165) is 0 Å². The summed E-state index contributed by atoms with van der Waals surface area (Å²) in [4.78, 5) is 24.7. The van der Waals surface area contributed by atoms with Gasteiger partial charge in [0.2, 0.25) is 0 Å². The monoisotopic (exact) mass is 287 g/mol. The van der Waals surface area contributed by atoms with Gasteiger partial charge in [-0.2, -0.15) is 0 Å². The summed E-state index contributed by atoms with van der Waals surface area (Å²) in [6.07, 6.45) is 0.0418. The maximum atomic E-state index is 12.3. The zero-order chi connectivity index (χ0) is 16.1. The largest absolute Gasteiger partial charge is 0.481 e. The zero-order valence-corrected chi connectivity index (χ0v) is 13.8. The summed E-state index contributed by atoms with van der Waals surface area (Å²) in [5, 5.41) is 8.83. The molecule has 0 rings (SSSR count). The van der Waals surface area contributed by atoms with Crippen LogP contribution in [0.1, 0.15) is 61.3 Å². The first-order valence-electron chi connectivity index (χ1n) is 7.07. The number of carboxylic acid groups (broad SMARTS) is 1. The van der Waals surface area contributed by atoms with Crippen LogP contribution in [0.2, 0.25) is 0 Å². The summed E-state index contributed by atoms with van der Waals surface area (Å²) in [6.45, 7) is 13.8. The van der Waals surface area contributed by atoms with E-state index in [1.54, 1.807) is 4.90 Å². The molecule has 1 N–H and O–H groups in total. The number of carbonyl (C=O) groups excluding carboxylic acids is 1. The maximum Gasteiger partial charge on any atom is 0.410 e. The lowest BCUT2D eigenvalue weighted by atomic mass is 9.95. The quantitative estimate of drug-likeness (QED) is 0.811. The third-order valence-corrected chi connectivity index (χ3v) is 2.84. The topological polar surface area (TPSA) is 66.8 Å². The molecule has 0 saturated heterocycles. The van der Waals surface area contributed by atoms with Crippen LogP contribution in [-0.4, -0.2) is 39.8 Å². The molecule has 0 bridgehead atoms. The number of hydrogen-bond acceptors (Lipinski definition) is 3. The van der Waals surface area contributed by atoms with Crippen LogP contribution in [0, 0.1) is 5.92 Å². The number of aliphatic carboxylic acids is 1. The van der Waals surface area contributed by atoms with Gasteiger partial charge in [-0.3, -0.25) is 4.79 Å². The van der Waals surface area contributed by atoms with E-state index in [0.29, 0.717) is 13.0 Å². The predicted octanol–water partition coefficient (Wildman–Crippen LogP) is 3.52. The van der Waals surface area contributed by atoms with E-state index in [9.17, 15) is 9.59 Å². The fraction of sp³-hybridized carbons (Fsp3) is 0.867. The smallest absolute Gasteiger partial charge is 0.410 e. The average Bonchev–Trinajstić information content (AvgIpc) is 2.20. The van der Waals surface area contributed by atoms with Gasteiger partial charge in [0.25, 0.3) is 0 Å². The minimum Gasteiger partial charge on any atom is -0.481 e. The Morgan fingerprint density at radius 3 is 2.00 bits per heavy atom. The van der Waals surface area contributed by atoms with Gasteiger partial charge in [-0.1, -0.05) is 13.8 Å². The first-order valence-corrected chi connectivity index (χ1v) is 7.07. The highest BCUT2D eigenvalue weighted by Gasteiger charge is 2.34. The molecule has 118 valence electrons. The van der Waals surface area contributed by atoms with Crippen molar-refractivity contribution in [2.24, 2.45) is 5.92 Å². The number of carboxylic acids is 1. The van der Waals surface area contributed by atoms with Gasteiger partial charge in [0, 0.05) is 18.5 Å². The summed E-state index contributed by atoms with van der Waals surface area (Å²) >= 11 is 0. The zero-order valence-electron chi connectivity index (χ0n) is 13.8. The van der Waals surface area contributed by atoms with Gasteiger partial charge in [0.1, 0.15) is 5.60 Å². The summed E-state index contributed by atoms with van der Waals surface area (Å²) in [7, 11) is 0. The third-order valence-electron chi connectivity index (χ3n) is 2.84. The number of rotatable bonds is 6. The van der Waals surface area contributed by atoms with Crippen molar-refractivity contribution in [3.05, 3.63) is 0 Å². The van der Waals surface area contributed by atoms with Gasteiger partial charge < -0.3 is 14.7 Å². The van der Waals surface area contributed by atoms with Gasteiger partial charge >= 0.3 is 12.1 Å². The standard InChI is InChI=1S/C15H29NO4/c1-11(2)10-16(13(19)20-14(3,4)5)15(6,7)9-8-12(17)18/h11H,8-10H2,1-7H3,(H,17,18). The van der Waals surface area contributed by atoms with Crippen molar-refractivity contribution in [2.45, 2.75) is 72.4 Å². The molecule has 0 spiro atoms. The lowest BCUT2D eigenvalue weighted by Crippen LogP contribution is -2.51.